The van der Waals surface area contributed by atoms with Crippen molar-refractivity contribution >= 4 is 5.97 Å². The average molecular weight is 147 g/mol. The summed E-state index contributed by atoms with van der Waals surface area (Å²) in [5, 5.41) is 9.57. The highest BCUT2D eigenvalue weighted by Crippen LogP contribution is 1.86. The van der Waals surface area contributed by atoms with Gasteiger partial charge in [-0.05, 0) is 6.42 Å². The van der Waals surface area contributed by atoms with E-state index >= 15 is 0 Å². The first-order valence-electron chi connectivity index (χ1n) is 3.22. The van der Waals surface area contributed by atoms with Crippen LogP contribution in [0, 0.1) is 0 Å². The number of hydrogen-bond donors (Lipinski definition) is 1. The maximum atomic E-state index is 10.1. The van der Waals surface area contributed by atoms with E-state index in [-0.39, 0.29) is 6.54 Å². The van der Waals surface area contributed by atoms with Crippen molar-refractivity contribution in [3.05, 3.63) is 0 Å². The Morgan fingerprint density at radius 1 is 1.70 bits per heavy atom. The fourth-order valence-electron chi connectivity index (χ4n) is 0.483. The molecule has 4 nitrogen and oxygen atoms in total. The number of aliphatic carboxylic acids is 1. The highest BCUT2D eigenvalue weighted by Gasteiger charge is 2.02. The smallest absolute Gasteiger partial charge is 0.320 e. The summed E-state index contributed by atoms with van der Waals surface area (Å²) in [7, 11) is 1.60. The second-order valence-corrected chi connectivity index (χ2v) is 2.01. The molecular formula is C6H13NO3. The van der Waals surface area contributed by atoms with E-state index in [1.54, 1.807) is 7.05 Å². The second-order valence-electron chi connectivity index (χ2n) is 2.01. The van der Waals surface area contributed by atoms with Crippen molar-refractivity contribution in [2.45, 2.75) is 13.3 Å². The Kier molecular flexibility index (Phi) is 4.88. The zero-order valence-corrected chi connectivity index (χ0v) is 6.33. The standard InChI is InChI=1S/C6H13NO3/c1-3-4-10-7(2)5-6(8)9/h3-5H2,1-2H3,(H,8,9). The van der Waals surface area contributed by atoms with Gasteiger partial charge < -0.3 is 5.11 Å². The Labute approximate surface area is 60.3 Å². The van der Waals surface area contributed by atoms with Crippen LogP contribution < -0.4 is 0 Å². The van der Waals surface area contributed by atoms with Gasteiger partial charge in [-0.2, -0.15) is 5.06 Å². The van der Waals surface area contributed by atoms with E-state index in [1.165, 1.54) is 5.06 Å². The fourth-order valence-corrected chi connectivity index (χ4v) is 0.483. The third-order valence-electron chi connectivity index (χ3n) is 0.874. The van der Waals surface area contributed by atoms with E-state index in [4.69, 9.17) is 9.94 Å². The number of carbonyl (C=O) groups is 1. The molecule has 4 heteroatoms. The third-order valence-corrected chi connectivity index (χ3v) is 0.874. The molecule has 0 spiro atoms. The van der Waals surface area contributed by atoms with Gasteiger partial charge in [-0.3, -0.25) is 9.63 Å². The molecule has 0 aromatic heterocycles. The van der Waals surface area contributed by atoms with Crippen molar-refractivity contribution in [2.24, 2.45) is 0 Å². The lowest BCUT2D eigenvalue weighted by Crippen LogP contribution is -2.26. The minimum atomic E-state index is -0.876. The van der Waals surface area contributed by atoms with E-state index in [2.05, 4.69) is 0 Å². The molecular weight excluding hydrogens is 134 g/mol. The first kappa shape index (κ1) is 9.39. The fraction of sp³-hybridized carbons (Fsp3) is 0.833. The summed E-state index contributed by atoms with van der Waals surface area (Å²) in [6.07, 6.45) is 0.893. The molecule has 1 N–H and O–H groups in total. The molecule has 0 heterocycles. The van der Waals surface area contributed by atoms with Gasteiger partial charge in [0, 0.05) is 7.05 Å². The monoisotopic (exact) mass is 147 g/mol. The van der Waals surface area contributed by atoms with Gasteiger partial charge in [0.15, 0.2) is 0 Å². The van der Waals surface area contributed by atoms with E-state index in [1.807, 2.05) is 6.92 Å². The molecule has 0 fully saturated rings. The quantitative estimate of drug-likeness (QED) is 0.570. The van der Waals surface area contributed by atoms with E-state index in [9.17, 15) is 4.79 Å². The summed E-state index contributed by atoms with van der Waals surface area (Å²) in [4.78, 5) is 15.0. The Bertz CT molecular complexity index is 105. The highest BCUT2D eigenvalue weighted by atomic mass is 16.7. The third kappa shape index (κ3) is 5.53. The number of nitrogens with zero attached hydrogens (tertiary/aromatic N) is 1. The highest BCUT2D eigenvalue weighted by molar-refractivity contribution is 5.68. The van der Waals surface area contributed by atoms with Crippen molar-refractivity contribution in [2.75, 3.05) is 20.2 Å². The zero-order chi connectivity index (χ0) is 7.98. The maximum Gasteiger partial charge on any atom is 0.320 e. The number of carboxylic acids is 1. The van der Waals surface area contributed by atoms with Crippen LogP contribution in [0.4, 0.5) is 0 Å². The summed E-state index contributed by atoms with van der Waals surface area (Å²) in [5.41, 5.74) is 0. The molecule has 0 atom stereocenters. The Hall–Kier alpha value is -0.610. The molecule has 0 saturated heterocycles. The number of hydrogen-bond acceptors (Lipinski definition) is 3. The Balaban J connectivity index is 3.25. The van der Waals surface area contributed by atoms with Gasteiger partial charge in [0.2, 0.25) is 0 Å². The van der Waals surface area contributed by atoms with Crippen molar-refractivity contribution in [1.29, 1.82) is 0 Å². The normalized spacial score (nSPS) is 10.3. The van der Waals surface area contributed by atoms with Crippen LogP contribution in [0.2, 0.25) is 0 Å². The first-order valence-corrected chi connectivity index (χ1v) is 3.22. The van der Waals surface area contributed by atoms with Gasteiger partial charge in [0.1, 0.15) is 6.54 Å². The van der Waals surface area contributed by atoms with Crippen LogP contribution in [-0.2, 0) is 9.63 Å². The first-order chi connectivity index (χ1) is 4.66. The van der Waals surface area contributed by atoms with E-state index < -0.39 is 5.97 Å². The summed E-state index contributed by atoms with van der Waals surface area (Å²) in [5.74, 6) is -0.876. The van der Waals surface area contributed by atoms with Gasteiger partial charge in [-0.15, -0.1) is 0 Å². The molecule has 0 bridgehead atoms. The number of carboxylic acid groups (broad SMARTS) is 1. The van der Waals surface area contributed by atoms with Crippen LogP contribution in [0.5, 0.6) is 0 Å². The number of rotatable bonds is 5. The minimum absolute atomic E-state index is 0.0694. The van der Waals surface area contributed by atoms with Gasteiger partial charge >= 0.3 is 5.97 Å². The van der Waals surface area contributed by atoms with Crippen molar-refractivity contribution < 1.29 is 14.7 Å². The predicted molar refractivity (Wildman–Crippen MR) is 36.5 cm³/mol. The lowest BCUT2D eigenvalue weighted by molar-refractivity contribution is -0.166. The molecule has 0 aliphatic rings. The topological polar surface area (TPSA) is 49.8 Å². The zero-order valence-electron chi connectivity index (χ0n) is 6.33. The summed E-state index contributed by atoms with van der Waals surface area (Å²) in [6, 6.07) is 0. The molecule has 0 rings (SSSR count). The number of likely N-dealkylation sites (N-methyl/N-ethyl adjacent to an activating group) is 1. The van der Waals surface area contributed by atoms with Gasteiger partial charge in [-0.1, -0.05) is 6.92 Å². The molecule has 0 saturated carbocycles. The van der Waals surface area contributed by atoms with Crippen LogP contribution in [0.15, 0.2) is 0 Å². The summed E-state index contributed by atoms with van der Waals surface area (Å²) in [6.45, 7) is 2.47. The largest absolute Gasteiger partial charge is 0.480 e. The SMILES string of the molecule is CCCON(C)CC(=O)O. The average Bonchev–Trinajstić information content (AvgIpc) is 1.82. The second kappa shape index (κ2) is 5.20. The van der Waals surface area contributed by atoms with Crippen LogP contribution in [-0.4, -0.2) is 36.3 Å². The molecule has 0 aromatic rings. The van der Waals surface area contributed by atoms with Crippen LogP contribution in [0.25, 0.3) is 0 Å². The van der Waals surface area contributed by atoms with Gasteiger partial charge in [-0.25, -0.2) is 0 Å². The molecule has 0 amide bonds. The Morgan fingerprint density at radius 3 is 2.70 bits per heavy atom. The van der Waals surface area contributed by atoms with Crippen LogP contribution >= 0.6 is 0 Å². The lowest BCUT2D eigenvalue weighted by atomic mass is 10.5. The molecule has 0 aliphatic carbocycles. The van der Waals surface area contributed by atoms with Crippen molar-refractivity contribution in [1.82, 2.24) is 5.06 Å². The molecule has 60 valence electrons. The van der Waals surface area contributed by atoms with E-state index in [0.717, 1.165) is 6.42 Å². The Morgan fingerprint density at radius 2 is 2.30 bits per heavy atom. The molecule has 0 radical (unpaired) electrons. The molecule has 0 aromatic carbocycles. The predicted octanol–water partition coefficient (Wildman–Crippen LogP) is 0.344. The van der Waals surface area contributed by atoms with Crippen molar-refractivity contribution in [3.8, 4) is 0 Å². The van der Waals surface area contributed by atoms with Gasteiger partial charge in [0.05, 0.1) is 6.61 Å². The van der Waals surface area contributed by atoms with Crippen LogP contribution in [0.3, 0.4) is 0 Å². The summed E-state index contributed by atoms with van der Waals surface area (Å²) >= 11 is 0. The maximum absolute atomic E-state index is 10.1. The number of hydroxylamine groups is 2. The lowest BCUT2D eigenvalue weighted by Gasteiger charge is -2.12. The minimum Gasteiger partial charge on any atom is -0.480 e. The van der Waals surface area contributed by atoms with E-state index in [0.29, 0.717) is 6.61 Å². The molecule has 10 heavy (non-hydrogen) atoms. The molecule has 0 aliphatic heterocycles. The van der Waals surface area contributed by atoms with Crippen LogP contribution in [0.1, 0.15) is 13.3 Å². The summed E-state index contributed by atoms with van der Waals surface area (Å²) < 4.78 is 0. The van der Waals surface area contributed by atoms with Gasteiger partial charge in [0.25, 0.3) is 0 Å². The molecule has 0 unspecified atom stereocenters. The van der Waals surface area contributed by atoms with Crippen molar-refractivity contribution in [3.63, 3.8) is 0 Å².